The molecular formula is C84H35F9. The molecule has 13 aromatic carbocycles. The van der Waals surface area contributed by atoms with Crippen molar-refractivity contribution in [3.05, 3.63) is 354 Å². The minimum Gasteiger partial charge on any atom is -0.206 e. The summed E-state index contributed by atoms with van der Waals surface area (Å²) >= 11 is 0. The highest BCUT2D eigenvalue weighted by Gasteiger charge is 2.19. The summed E-state index contributed by atoms with van der Waals surface area (Å²) in [6.07, 6.45) is 0. The lowest BCUT2D eigenvalue weighted by atomic mass is 9.87. The Labute approximate surface area is 528 Å². The molecule has 0 radical (unpaired) electrons. The van der Waals surface area contributed by atoms with Crippen LogP contribution in [0.15, 0.2) is 212 Å². The maximum atomic E-state index is 15.4. The lowest BCUT2D eigenvalue weighted by molar-refractivity contribution is 0.450. The third kappa shape index (κ3) is 12.7. The van der Waals surface area contributed by atoms with E-state index < -0.39 is 80.2 Å². The van der Waals surface area contributed by atoms with Gasteiger partial charge in [0.1, 0.15) is 23.0 Å². The lowest BCUT2D eigenvalue weighted by Crippen LogP contribution is -1.99. The molecule has 0 fully saturated rings. The summed E-state index contributed by atoms with van der Waals surface area (Å²) in [6, 6.07) is 59.9. The average molecular weight is 1220 g/mol. The highest BCUT2D eigenvalue weighted by Crippen LogP contribution is 2.42. The van der Waals surface area contributed by atoms with Gasteiger partial charge in [0.2, 0.25) is 0 Å². The van der Waals surface area contributed by atoms with Gasteiger partial charge in [-0.3, -0.25) is 0 Å². The summed E-state index contributed by atoms with van der Waals surface area (Å²) in [5.41, 5.74) is 4.35. The number of halogens is 9. The van der Waals surface area contributed by atoms with Crippen molar-refractivity contribution < 1.29 is 39.5 Å². The molecule has 0 aromatic heterocycles. The minimum absolute atomic E-state index is 0.0228. The molecule has 0 unspecified atom stereocenters. The van der Waals surface area contributed by atoms with Crippen LogP contribution in [0.1, 0.15) is 89.0 Å². The standard InChI is InChI=1S/C84H35F9/c85-74-43-31-59(30-40-73-83(92)78(89)51-79(90)84(73)93)46-63(74)34-35-64-49-76(87)65(50-75(64)86)36-37-66-47-60(48-77(88)82(66)91)29-33-62-39-42-72-69-16-6-14-67-61(38-41-71(80(67)69)70-17-7-15-68(62)81(70)72)32-28-58-13-5-12-57(45-58)27-24-54-20-18-53(19-21-54)23-26-56-11-4-10-55(44-56)25-22-52-8-2-1-3-9-52/h1-21,31,38-39,41-51H. The predicted molar refractivity (Wildman–Crippen MR) is 347 cm³/mol. The zero-order valence-electron chi connectivity index (χ0n) is 48.1. The fourth-order valence-corrected chi connectivity index (χ4v) is 10.4. The zero-order chi connectivity index (χ0) is 64.1. The Morgan fingerprint density at radius 2 is 0.516 bits per heavy atom. The van der Waals surface area contributed by atoms with Crippen molar-refractivity contribution in [3.8, 4) is 94.7 Å². The number of benzene rings is 13. The van der Waals surface area contributed by atoms with E-state index in [1.807, 2.05) is 145 Å². The van der Waals surface area contributed by atoms with Gasteiger partial charge in [-0.15, -0.1) is 0 Å². The molecule has 13 aromatic rings. The second-order valence-electron chi connectivity index (χ2n) is 21.1. The molecular weight excluding hydrogens is 1180 g/mol. The predicted octanol–water partition coefficient (Wildman–Crippen LogP) is 18.2. The Morgan fingerprint density at radius 1 is 0.172 bits per heavy atom. The molecule has 0 bridgehead atoms. The van der Waals surface area contributed by atoms with Crippen molar-refractivity contribution in [2.75, 3.05) is 0 Å². The maximum absolute atomic E-state index is 15.4. The van der Waals surface area contributed by atoms with E-state index in [1.54, 1.807) is 0 Å². The van der Waals surface area contributed by atoms with Gasteiger partial charge in [-0.1, -0.05) is 174 Å². The third-order valence-electron chi connectivity index (χ3n) is 14.9. The molecule has 9 heteroatoms. The first kappa shape index (κ1) is 59.0. The van der Waals surface area contributed by atoms with Crippen molar-refractivity contribution in [2.45, 2.75) is 0 Å². The fourth-order valence-electron chi connectivity index (χ4n) is 10.4. The van der Waals surface area contributed by atoms with Crippen LogP contribution in [0.3, 0.4) is 0 Å². The summed E-state index contributed by atoms with van der Waals surface area (Å²) < 4.78 is 132. The van der Waals surface area contributed by atoms with E-state index >= 15 is 17.6 Å². The number of hydrogen-bond donors (Lipinski definition) is 0. The summed E-state index contributed by atoms with van der Waals surface area (Å²) in [4.78, 5) is 0. The Morgan fingerprint density at radius 3 is 1.03 bits per heavy atom. The second-order valence-corrected chi connectivity index (χ2v) is 21.1. The first-order valence-corrected chi connectivity index (χ1v) is 28.5. The van der Waals surface area contributed by atoms with Crippen LogP contribution in [0.25, 0.3) is 43.1 Å². The minimum atomic E-state index is -1.73. The molecule has 93 heavy (non-hydrogen) atoms. The quantitative estimate of drug-likeness (QED) is 0.0467. The molecule has 0 heterocycles. The van der Waals surface area contributed by atoms with Crippen molar-refractivity contribution >= 4 is 43.1 Å². The van der Waals surface area contributed by atoms with E-state index in [0.717, 1.165) is 112 Å². The molecule has 0 aliphatic heterocycles. The lowest BCUT2D eigenvalue weighted by Gasteiger charge is -2.15. The molecule has 0 spiro atoms. The van der Waals surface area contributed by atoms with Crippen molar-refractivity contribution in [1.29, 1.82) is 0 Å². The first-order chi connectivity index (χ1) is 45.3. The van der Waals surface area contributed by atoms with E-state index in [9.17, 15) is 22.0 Å². The van der Waals surface area contributed by atoms with Crippen LogP contribution in [0.5, 0.6) is 0 Å². The van der Waals surface area contributed by atoms with E-state index in [2.05, 4.69) is 113 Å². The largest absolute Gasteiger partial charge is 0.206 e. The van der Waals surface area contributed by atoms with E-state index in [-0.39, 0.29) is 17.2 Å². The van der Waals surface area contributed by atoms with E-state index in [0.29, 0.717) is 17.7 Å². The van der Waals surface area contributed by atoms with Crippen molar-refractivity contribution in [1.82, 2.24) is 0 Å². The number of fused-ring (bicyclic) bond motifs is 2. The van der Waals surface area contributed by atoms with Gasteiger partial charge < -0.3 is 0 Å². The highest BCUT2D eigenvalue weighted by atomic mass is 19.2. The van der Waals surface area contributed by atoms with Crippen LogP contribution in [0, 0.1) is 147 Å². The molecule has 0 atom stereocenters. The first-order valence-electron chi connectivity index (χ1n) is 28.5. The Bertz CT molecular complexity index is 5800. The molecule has 0 aliphatic carbocycles. The zero-order valence-corrected chi connectivity index (χ0v) is 48.1. The monoisotopic (exact) mass is 1210 g/mol. The number of hydrogen-bond acceptors (Lipinski definition) is 0. The normalized spacial score (nSPS) is 10.4. The summed E-state index contributed by atoms with van der Waals surface area (Å²) in [6.45, 7) is 0. The van der Waals surface area contributed by atoms with E-state index in [1.165, 1.54) is 6.07 Å². The highest BCUT2D eigenvalue weighted by molar-refractivity contribution is 6.33. The van der Waals surface area contributed by atoms with Gasteiger partial charge in [-0.2, -0.15) is 0 Å². The summed E-state index contributed by atoms with van der Waals surface area (Å²) in [5, 5.41) is 7.79. The van der Waals surface area contributed by atoms with E-state index in [4.69, 9.17) is 0 Å². The Balaban J connectivity index is 0.717. The maximum Gasteiger partial charge on any atom is 0.177 e. The molecule has 0 N–H and O–H groups in total. The smallest absolute Gasteiger partial charge is 0.177 e. The molecule has 0 saturated carbocycles. The van der Waals surface area contributed by atoms with Crippen LogP contribution >= 0.6 is 0 Å². The Hall–Kier alpha value is -13.0. The third-order valence-corrected chi connectivity index (χ3v) is 14.9. The molecule has 0 aliphatic rings. The van der Waals surface area contributed by atoms with Gasteiger partial charge in [0.25, 0.3) is 0 Å². The topological polar surface area (TPSA) is 0 Å². The van der Waals surface area contributed by atoms with Gasteiger partial charge >= 0.3 is 0 Å². The molecule has 0 amide bonds. The van der Waals surface area contributed by atoms with Crippen LogP contribution in [0.4, 0.5) is 39.5 Å². The summed E-state index contributed by atoms with van der Waals surface area (Å²) in [7, 11) is 0. The van der Waals surface area contributed by atoms with Gasteiger partial charge in [0.05, 0.1) is 22.3 Å². The van der Waals surface area contributed by atoms with Crippen LogP contribution in [0.2, 0.25) is 0 Å². The van der Waals surface area contributed by atoms with Crippen molar-refractivity contribution in [3.63, 3.8) is 0 Å². The number of rotatable bonds is 0. The fraction of sp³-hybridized carbons (Fsp3) is 0. The van der Waals surface area contributed by atoms with Crippen LogP contribution < -0.4 is 0 Å². The Kier molecular flexibility index (Phi) is 16.2. The van der Waals surface area contributed by atoms with Gasteiger partial charge in [0, 0.05) is 67.3 Å². The van der Waals surface area contributed by atoms with Gasteiger partial charge in [-0.05, 0) is 170 Å². The molecule has 13 rings (SSSR count). The van der Waals surface area contributed by atoms with Gasteiger partial charge in [-0.25, -0.2) is 39.5 Å². The van der Waals surface area contributed by atoms with Crippen LogP contribution in [-0.4, -0.2) is 0 Å². The van der Waals surface area contributed by atoms with Crippen molar-refractivity contribution in [2.24, 2.45) is 0 Å². The van der Waals surface area contributed by atoms with Crippen LogP contribution in [-0.2, 0) is 0 Å². The average Bonchev–Trinajstić information content (AvgIpc) is 0.724. The SMILES string of the molecule is Fc1ccc(C#Cc2c(F)c(F)cc(F)c2F)cc1C#Cc1cc(F)c(C#Cc2cc(C#Cc3ccc4c5cccc6c(C#Cc7cccc(C#Cc8ccc(C#Cc9cccc(C#Cc%10ccccc%10)c9)cc8)c7)ccc(c7cccc3c74)c65)cc(F)c2F)cc1F. The molecule has 434 valence electrons. The second kappa shape index (κ2) is 25.6. The molecule has 0 nitrogen and oxygen atoms in total. The van der Waals surface area contributed by atoms with Gasteiger partial charge in [0.15, 0.2) is 34.9 Å². The molecule has 0 saturated heterocycles. The summed E-state index contributed by atoms with van der Waals surface area (Å²) in [5.74, 6) is 33.4.